The first-order chi connectivity index (χ1) is 10.1. The van der Waals surface area contributed by atoms with E-state index in [0.717, 1.165) is 29.7 Å². The van der Waals surface area contributed by atoms with Gasteiger partial charge in [-0.05, 0) is 25.7 Å². The lowest BCUT2D eigenvalue weighted by Gasteiger charge is -2.32. The van der Waals surface area contributed by atoms with Crippen LogP contribution in [0.2, 0.25) is 0 Å². The van der Waals surface area contributed by atoms with E-state index in [1.807, 2.05) is 6.20 Å². The molecule has 0 bridgehead atoms. The minimum Gasteiger partial charge on any atom is -0.390 e. The Morgan fingerprint density at radius 2 is 2.10 bits per heavy atom. The Morgan fingerprint density at radius 1 is 1.38 bits per heavy atom. The van der Waals surface area contributed by atoms with Gasteiger partial charge in [0, 0.05) is 25.6 Å². The summed E-state index contributed by atoms with van der Waals surface area (Å²) in [5, 5.41) is 9.69. The lowest BCUT2D eigenvalue weighted by Crippen LogP contribution is -2.38. The zero-order chi connectivity index (χ0) is 15.4. The highest BCUT2D eigenvalue weighted by Crippen LogP contribution is 2.37. The summed E-state index contributed by atoms with van der Waals surface area (Å²) < 4.78 is 5.23. The monoisotopic (exact) mass is 293 g/mol. The molecule has 1 heterocycles. The van der Waals surface area contributed by atoms with Crippen molar-refractivity contribution in [2.75, 3.05) is 25.2 Å². The molecular formula is C16H27N3O2. The molecule has 1 aromatic rings. The molecule has 1 aromatic heterocycles. The molecule has 1 fully saturated rings. The van der Waals surface area contributed by atoms with E-state index in [1.165, 1.54) is 12.8 Å². The maximum Gasteiger partial charge on any atom is 0.131 e. The molecule has 5 heteroatoms. The Morgan fingerprint density at radius 3 is 2.62 bits per heavy atom. The summed E-state index contributed by atoms with van der Waals surface area (Å²) in [7, 11) is 1.71. The highest BCUT2D eigenvalue weighted by atomic mass is 16.5. The minimum atomic E-state index is -0.0571. The predicted molar refractivity (Wildman–Crippen MR) is 83.5 cm³/mol. The number of anilines is 1. The molecule has 5 nitrogen and oxygen atoms in total. The average molecular weight is 293 g/mol. The number of aromatic nitrogens is 2. The van der Waals surface area contributed by atoms with E-state index < -0.39 is 0 Å². The molecule has 0 amide bonds. The molecule has 1 atom stereocenters. The number of nitrogens with zero attached hydrogens (tertiary/aromatic N) is 3. The molecule has 0 radical (unpaired) electrons. The van der Waals surface area contributed by atoms with Crippen LogP contribution in [0.5, 0.6) is 0 Å². The Balaban J connectivity index is 2.28. The maximum atomic E-state index is 9.69. The summed E-state index contributed by atoms with van der Waals surface area (Å²) >= 11 is 0. The summed E-state index contributed by atoms with van der Waals surface area (Å²) in [6, 6.07) is 0.430. The van der Waals surface area contributed by atoms with E-state index >= 15 is 0 Å². The van der Waals surface area contributed by atoms with Crippen LogP contribution in [0.15, 0.2) is 6.20 Å². The van der Waals surface area contributed by atoms with Crippen molar-refractivity contribution in [3.05, 3.63) is 17.7 Å². The van der Waals surface area contributed by atoms with Gasteiger partial charge in [0.1, 0.15) is 5.82 Å². The predicted octanol–water partition coefficient (Wildman–Crippen LogP) is 2.34. The first kappa shape index (κ1) is 16.2. The van der Waals surface area contributed by atoms with E-state index in [0.29, 0.717) is 12.6 Å². The van der Waals surface area contributed by atoms with Gasteiger partial charge < -0.3 is 14.7 Å². The third-order valence-electron chi connectivity index (χ3n) is 4.17. The fraction of sp³-hybridized carbons (Fsp3) is 0.750. The standard InChI is InChI=1S/C16H27N3O2/c1-11(2)16-17-9-15(14(10-20)18-16)19(7-8-21-4)12(3)13-5-6-13/h9,11-13,20H,5-8,10H2,1-4H3. The second kappa shape index (κ2) is 7.18. The van der Waals surface area contributed by atoms with Crippen molar-refractivity contribution in [3.8, 4) is 0 Å². The van der Waals surface area contributed by atoms with E-state index in [4.69, 9.17) is 4.74 Å². The highest BCUT2D eigenvalue weighted by molar-refractivity contribution is 5.50. The van der Waals surface area contributed by atoms with Crippen molar-refractivity contribution in [1.29, 1.82) is 0 Å². The number of aliphatic hydroxyl groups is 1. The van der Waals surface area contributed by atoms with E-state index in [2.05, 4.69) is 35.6 Å². The van der Waals surface area contributed by atoms with Crippen LogP contribution in [-0.4, -0.2) is 41.4 Å². The second-order valence-corrected chi connectivity index (χ2v) is 6.14. The number of rotatable bonds is 8. The zero-order valence-electron chi connectivity index (χ0n) is 13.5. The van der Waals surface area contributed by atoms with Crippen LogP contribution >= 0.6 is 0 Å². The van der Waals surface area contributed by atoms with Crippen molar-refractivity contribution in [2.24, 2.45) is 5.92 Å². The first-order valence-corrected chi connectivity index (χ1v) is 7.80. The van der Waals surface area contributed by atoms with Crippen LogP contribution in [-0.2, 0) is 11.3 Å². The Labute approximate surface area is 127 Å². The van der Waals surface area contributed by atoms with Gasteiger partial charge in [-0.2, -0.15) is 0 Å². The molecule has 0 spiro atoms. The smallest absolute Gasteiger partial charge is 0.131 e. The summed E-state index contributed by atoms with van der Waals surface area (Å²) in [4.78, 5) is 11.3. The minimum absolute atomic E-state index is 0.0571. The van der Waals surface area contributed by atoms with Gasteiger partial charge in [0.15, 0.2) is 0 Å². The van der Waals surface area contributed by atoms with Gasteiger partial charge in [-0.25, -0.2) is 9.97 Å². The van der Waals surface area contributed by atoms with Crippen LogP contribution in [0, 0.1) is 5.92 Å². The van der Waals surface area contributed by atoms with Crippen LogP contribution in [0.3, 0.4) is 0 Å². The van der Waals surface area contributed by atoms with Crippen molar-refractivity contribution in [2.45, 2.75) is 52.2 Å². The SMILES string of the molecule is COCCN(c1cnc(C(C)C)nc1CO)C(C)C1CC1. The fourth-order valence-electron chi connectivity index (χ4n) is 2.63. The second-order valence-electron chi connectivity index (χ2n) is 6.14. The fourth-order valence-corrected chi connectivity index (χ4v) is 2.63. The molecule has 1 N–H and O–H groups in total. The molecule has 0 aliphatic heterocycles. The van der Waals surface area contributed by atoms with Gasteiger partial charge in [0.2, 0.25) is 0 Å². The molecule has 1 aliphatic carbocycles. The number of hydrogen-bond donors (Lipinski definition) is 1. The Hall–Kier alpha value is -1.20. The first-order valence-electron chi connectivity index (χ1n) is 7.80. The summed E-state index contributed by atoms with van der Waals surface area (Å²) in [6.45, 7) is 7.76. The van der Waals surface area contributed by atoms with Crippen molar-refractivity contribution < 1.29 is 9.84 Å². The van der Waals surface area contributed by atoms with Crippen molar-refractivity contribution in [3.63, 3.8) is 0 Å². The van der Waals surface area contributed by atoms with Gasteiger partial charge in [-0.15, -0.1) is 0 Å². The van der Waals surface area contributed by atoms with Gasteiger partial charge in [0.05, 0.1) is 30.8 Å². The third-order valence-corrected chi connectivity index (χ3v) is 4.17. The lowest BCUT2D eigenvalue weighted by molar-refractivity contribution is 0.202. The molecule has 1 aliphatic rings. The molecule has 2 rings (SSSR count). The van der Waals surface area contributed by atoms with E-state index in [1.54, 1.807) is 7.11 Å². The maximum absolute atomic E-state index is 9.69. The number of ether oxygens (including phenoxy) is 1. The molecule has 1 saturated carbocycles. The van der Waals surface area contributed by atoms with Gasteiger partial charge in [0.25, 0.3) is 0 Å². The molecule has 1 unspecified atom stereocenters. The number of hydrogen-bond acceptors (Lipinski definition) is 5. The molecule has 0 saturated heterocycles. The molecule has 0 aromatic carbocycles. The molecular weight excluding hydrogens is 266 g/mol. The molecule has 21 heavy (non-hydrogen) atoms. The van der Waals surface area contributed by atoms with Gasteiger partial charge in [-0.1, -0.05) is 13.8 Å². The lowest BCUT2D eigenvalue weighted by atomic mass is 10.1. The van der Waals surface area contributed by atoms with Crippen LogP contribution in [0.25, 0.3) is 0 Å². The van der Waals surface area contributed by atoms with Crippen molar-refractivity contribution >= 4 is 5.69 Å². The number of aliphatic hydroxyl groups excluding tert-OH is 1. The molecule has 118 valence electrons. The topological polar surface area (TPSA) is 58.5 Å². The van der Waals surface area contributed by atoms with Crippen LogP contribution in [0.4, 0.5) is 5.69 Å². The summed E-state index contributed by atoms with van der Waals surface area (Å²) in [5.74, 6) is 1.78. The quantitative estimate of drug-likeness (QED) is 0.797. The van der Waals surface area contributed by atoms with Crippen LogP contribution in [0.1, 0.15) is 51.0 Å². The highest BCUT2D eigenvalue weighted by Gasteiger charge is 2.33. The normalized spacial score (nSPS) is 16.3. The number of methoxy groups -OCH3 is 1. The van der Waals surface area contributed by atoms with Gasteiger partial charge >= 0.3 is 0 Å². The zero-order valence-corrected chi connectivity index (χ0v) is 13.5. The average Bonchev–Trinajstić information content (AvgIpc) is 3.31. The summed E-state index contributed by atoms with van der Waals surface area (Å²) in [5.41, 5.74) is 1.66. The Bertz CT molecular complexity index is 461. The summed E-state index contributed by atoms with van der Waals surface area (Å²) in [6.07, 6.45) is 4.43. The van der Waals surface area contributed by atoms with E-state index in [-0.39, 0.29) is 12.5 Å². The van der Waals surface area contributed by atoms with E-state index in [9.17, 15) is 5.11 Å². The van der Waals surface area contributed by atoms with Crippen molar-refractivity contribution in [1.82, 2.24) is 9.97 Å². The Kier molecular flexibility index (Phi) is 5.53. The van der Waals surface area contributed by atoms with Crippen LogP contribution < -0.4 is 4.90 Å². The third kappa shape index (κ3) is 3.92. The largest absolute Gasteiger partial charge is 0.390 e. The van der Waals surface area contributed by atoms with Gasteiger partial charge in [-0.3, -0.25) is 0 Å².